The van der Waals surface area contributed by atoms with Crippen molar-refractivity contribution in [1.82, 2.24) is 15.2 Å². The molecule has 38 heavy (non-hydrogen) atoms. The Kier molecular flexibility index (Phi) is 6.43. The van der Waals surface area contributed by atoms with Gasteiger partial charge in [0.25, 0.3) is 5.91 Å². The van der Waals surface area contributed by atoms with Gasteiger partial charge in [-0.1, -0.05) is 12.1 Å². The number of nitriles is 2. The summed E-state index contributed by atoms with van der Waals surface area (Å²) in [6.07, 6.45) is 5.94. The Balaban J connectivity index is 1.27. The van der Waals surface area contributed by atoms with Crippen molar-refractivity contribution in [3.63, 3.8) is 0 Å². The van der Waals surface area contributed by atoms with Crippen LogP contribution in [0.1, 0.15) is 64.3 Å². The number of H-pyrrole nitrogens is 1. The normalized spacial score (nSPS) is 25.3. The number of aromatic amines is 1. The largest absolute Gasteiger partial charge is 0.381 e. The van der Waals surface area contributed by atoms with E-state index in [4.69, 9.17) is 4.74 Å². The van der Waals surface area contributed by atoms with E-state index in [1.807, 2.05) is 31.3 Å². The van der Waals surface area contributed by atoms with Gasteiger partial charge in [0.15, 0.2) is 0 Å². The summed E-state index contributed by atoms with van der Waals surface area (Å²) in [4.78, 5) is 18.5. The van der Waals surface area contributed by atoms with Crippen molar-refractivity contribution in [3.8, 4) is 12.1 Å². The number of aromatic nitrogens is 1. The fourth-order valence-corrected chi connectivity index (χ4v) is 6.68. The Morgan fingerprint density at radius 3 is 2.66 bits per heavy atom. The molecule has 2 aromatic carbocycles. The number of hydrogen-bond acceptors (Lipinski definition) is 5. The Bertz CT molecular complexity index is 1430. The number of nitrogens with zero attached hydrogens (tertiary/aromatic N) is 3. The molecule has 1 atom stereocenters. The number of benzene rings is 2. The van der Waals surface area contributed by atoms with Crippen LogP contribution in [0.4, 0.5) is 0 Å². The van der Waals surface area contributed by atoms with Gasteiger partial charge in [-0.2, -0.15) is 10.5 Å². The zero-order valence-corrected chi connectivity index (χ0v) is 21.8. The number of amides is 1. The zero-order valence-electron chi connectivity index (χ0n) is 21.8. The van der Waals surface area contributed by atoms with E-state index in [1.165, 1.54) is 5.56 Å². The Hall–Kier alpha value is -3.65. The fourth-order valence-electron chi connectivity index (χ4n) is 6.68. The average Bonchev–Trinajstić information content (AvgIpc) is 3.39. The maximum atomic E-state index is 12.7. The molecule has 6 rings (SSSR count). The van der Waals surface area contributed by atoms with Crippen LogP contribution in [0.5, 0.6) is 0 Å². The lowest BCUT2D eigenvalue weighted by atomic mass is 9.56. The maximum Gasteiger partial charge on any atom is 0.251 e. The van der Waals surface area contributed by atoms with Crippen LogP contribution in [0.3, 0.4) is 0 Å². The summed E-state index contributed by atoms with van der Waals surface area (Å²) in [6.45, 7) is 5.72. The highest BCUT2D eigenvalue weighted by Crippen LogP contribution is 2.56. The van der Waals surface area contributed by atoms with Gasteiger partial charge in [0, 0.05) is 53.6 Å². The third-order valence-corrected chi connectivity index (χ3v) is 8.99. The maximum absolute atomic E-state index is 12.7. The lowest BCUT2D eigenvalue weighted by molar-refractivity contribution is -0.0299. The molecule has 3 aromatic rings. The van der Waals surface area contributed by atoms with E-state index in [-0.39, 0.29) is 23.3 Å². The van der Waals surface area contributed by atoms with E-state index in [2.05, 4.69) is 45.5 Å². The number of likely N-dealkylation sites (tertiary alicyclic amines) is 1. The van der Waals surface area contributed by atoms with E-state index in [0.717, 1.165) is 59.8 Å². The number of rotatable bonds is 6. The standard InChI is InChI=1S/C31H33N5O2/c1-20-10-25(15-33)27(26-6-8-34-29(20)26)17-36-9-7-31(11-21(12-31)14-32)13-28(36)23-2-4-24(5-3-23)30(37)35-16-22-18-38-19-22/h2-6,8,10,21-22,28,34H,7,9,11-13,16-19H2,1H3,(H,35,37). The molecule has 194 valence electrons. The van der Waals surface area contributed by atoms with Crippen LogP contribution >= 0.6 is 0 Å². The molecular formula is C31H33N5O2. The topological polar surface area (TPSA) is 105 Å². The summed E-state index contributed by atoms with van der Waals surface area (Å²) in [5.74, 6) is 0.525. The van der Waals surface area contributed by atoms with Crippen molar-refractivity contribution in [2.75, 3.05) is 26.3 Å². The molecule has 0 radical (unpaired) electrons. The number of piperidine rings is 1. The number of hydrogen-bond donors (Lipinski definition) is 2. The SMILES string of the molecule is Cc1cc(C#N)c(CN2CCC3(CC(C#N)C3)CC2c2ccc(C(=O)NCC3COC3)cc2)c2cc[nH]c12. The molecule has 1 aromatic heterocycles. The summed E-state index contributed by atoms with van der Waals surface area (Å²) in [5, 5.41) is 23.5. The van der Waals surface area contributed by atoms with Crippen LogP contribution in [0.25, 0.3) is 10.9 Å². The lowest BCUT2D eigenvalue weighted by Gasteiger charge is -2.53. The number of aryl methyl sites for hydroxylation is 1. The van der Waals surface area contributed by atoms with Crippen molar-refractivity contribution in [3.05, 3.63) is 70.4 Å². The van der Waals surface area contributed by atoms with Crippen LogP contribution < -0.4 is 5.32 Å². The minimum Gasteiger partial charge on any atom is -0.381 e. The Morgan fingerprint density at radius 1 is 1.18 bits per heavy atom. The molecule has 2 saturated heterocycles. The molecule has 1 aliphatic carbocycles. The Morgan fingerprint density at radius 2 is 1.97 bits per heavy atom. The summed E-state index contributed by atoms with van der Waals surface area (Å²) in [5.41, 5.74) is 6.01. The first kappa shape index (κ1) is 24.7. The molecule has 7 heteroatoms. The molecular weight excluding hydrogens is 474 g/mol. The highest BCUT2D eigenvalue weighted by atomic mass is 16.5. The molecule has 7 nitrogen and oxygen atoms in total. The summed E-state index contributed by atoms with van der Waals surface area (Å²) in [6, 6.07) is 17.1. The summed E-state index contributed by atoms with van der Waals surface area (Å²) < 4.78 is 5.20. The quantitative estimate of drug-likeness (QED) is 0.490. The van der Waals surface area contributed by atoms with Crippen LogP contribution in [0.2, 0.25) is 0 Å². The predicted octanol–water partition coefficient (Wildman–Crippen LogP) is 4.98. The number of carbonyl (C=O) groups excluding carboxylic acids is 1. The van der Waals surface area contributed by atoms with Gasteiger partial charge in [0.2, 0.25) is 0 Å². The van der Waals surface area contributed by atoms with E-state index < -0.39 is 0 Å². The highest BCUT2D eigenvalue weighted by Gasteiger charge is 2.49. The molecule has 3 aliphatic rings. The zero-order chi connectivity index (χ0) is 26.3. The lowest BCUT2D eigenvalue weighted by Crippen LogP contribution is -2.48. The van der Waals surface area contributed by atoms with Gasteiger partial charge in [0.1, 0.15) is 0 Å². The van der Waals surface area contributed by atoms with E-state index in [9.17, 15) is 15.3 Å². The minimum absolute atomic E-state index is 0.0514. The smallest absolute Gasteiger partial charge is 0.251 e. The van der Waals surface area contributed by atoms with Gasteiger partial charge in [-0.25, -0.2) is 0 Å². The second-order valence-electron chi connectivity index (χ2n) is 11.5. The molecule has 2 N–H and O–H groups in total. The molecule has 1 amide bonds. The van der Waals surface area contributed by atoms with Crippen LogP contribution in [0, 0.1) is 46.8 Å². The molecule has 3 heterocycles. The van der Waals surface area contributed by atoms with Crippen molar-refractivity contribution >= 4 is 16.8 Å². The van der Waals surface area contributed by atoms with Crippen molar-refractivity contribution in [2.24, 2.45) is 17.3 Å². The molecule has 0 bridgehead atoms. The second-order valence-corrected chi connectivity index (χ2v) is 11.5. The van der Waals surface area contributed by atoms with Crippen LogP contribution in [-0.4, -0.2) is 42.1 Å². The summed E-state index contributed by atoms with van der Waals surface area (Å²) >= 11 is 0. The minimum atomic E-state index is -0.0514. The van der Waals surface area contributed by atoms with Gasteiger partial charge >= 0.3 is 0 Å². The van der Waals surface area contributed by atoms with E-state index >= 15 is 0 Å². The first-order valence-electron chi connectivity index (χ1n) is 13.6. The average molecular weight is 508 g/mol. The third-order valence-electron chi connectivity index (χ3n) is 8.99. The summed E-state index contributed by atoms with van der Waals surface area (Å²) in [7, 11) is 0. The van der Waals surface area contributed by atoms with Crippen molar-refractivity contribution < 1.29 is 9.53 Å². The van der Waals surface area contributed by atoms with E-state index in [1.54, 1.807) is 0 Å². The monoisotopic (exact) mass is 507 g/mol. The molecule has 1 saturated carbocycles. The number of carbonyl (C=O) groups is 1. The van der Waals surface area contributed by atoms with Gasteiger partial charge < -0.3 is 15.0 Å². The molecule has 2 aliphatic heterocycles. The van der Waals surface area contributed by atoms with Crippen molar-refractivity contribution in [2.45, 2.75) is 45.2 Å². The third kappa shape index (κ3) is 4.47. The number of nitrogens with one attached hydrogen (secondary N) is 2. The molecule has 1 spiro atoms. The first-order chi connectivity index (χ1) is 18.5. The first-order valence-corrected chi connectivity index (χ1v) is 13.6. The van der Waals surface area contributed by atoms with E-state index in [0.29, 0.717) is 37.8 Å². The number of fused-ring (bicyclic) bond motifs is 1. The second kappa shape index (κ2) is 9.91. The molecule has 3 fully saturated rings. The van der Waals surface area contributed by atoms with Gasteiger partial charge in [-0.15, -0.1) is 0 Å². The van der Waals surface area contributed by atoms with Crippen LogP contribution in [0.15, 0.2) is 42.6 Å². The highest BCUT2D eigenvalue weighted by molar-refractivity contribution is 5.94. The molecule has 1 unspecified atom stereocenters. The van der Waals surface area contributed by atoms with Gasteiger partial charge in [-0.05, 0) is 85.5 Å². The fraction of sp³-hybridized carbons (Fsp3) is 0.452. The van der Waals surface area contributed by atoms with Crippen molar-refractivity contribution in [1.29, 1.82) is 10.5 Å². The Labute approximate surface area is 223 Å². The van der Waals surface area contributed by atoms with Gasteiger partial charge in [0.05, 0.1) is 30.9 Å². The number of ether oxygens (including phenoxy) is 1. The van der Waals surface area contributed by atoms with Gasteiger partial charge in [-0.3, -0.25) is 9.69 Å². The van der Waals surface area contributed by atoms with Crippen LogP contribution in [-0.2, 0) is 11.3 Å². The predicted molar refractivity (Wildman–Crippen MR) is 144 cm³/mol.